The Morgan fingerprint density at radius 3 is 2.53 bits per heavy atom. The van der Waals surface area contributed by atoms with E-state index < -0.39 is 0 Å². The Morgan fingerprint density at radius 1 is 1.12 bits per heavy atom. The molecule has 0 spiro atoms. The first-order chi connectivity index (χ1) is 8.42. The lowest BCUT2D eigenvalue weighted by molar-refractivity contribution is 0.170. The van der Waals surface area contributed by atoms with E-state index in [9.17, 15) is 0 Å². The van der Waals surface area contributed by atoms with Crippen molar-refractivity contribution >= 4 is 5.82 Å². The normalized spacial score (nSPS) is 22.5. The number of piperazine rings is 1. The molecule has 17 heavy (non-hydrogen) atoms. The second-order valence-electron chi connectivity index (χ2n) is 5.27. The van der Waals surface area contributed by atoms with Crippen molar-refractivity contribution in [1.29, 1.82) is 0 Å². The summed E-state index contributed by atoms with van der Waals surface area (Å²) in [6.07, 6.45) is 6.26. The molecular formula is C14H21N3. The fourth-order valence-corrected chi connectivity index (χ4v) is 2.74. The van der Waals surface area contributed by atoms with Crippen molar-refractivity contribution in [1.82, 2.24) is 9.88 Å². The molecule has 0 amide bonds. The molecule has 3 nitrogen and oxygen atoms in total. The van der Waals surface area contributed by atoms with E-state index >= 15 is 0 Å². The Balaban J connectivity index is 1.50. The summed E-state index contributed by atoms with van der Waals surface area (Å²) in [5.41, 5.74) is 0. The third-order valence-electron chi connectivity index (χ3n) is 4.09. The van der Waals surface area contributed by atoms with Crippen LogP contribution in [-0.4, -0.2) is 42.6 Å². The molecule has 0 radical (unpaired) electrons. The molecule has 0 bridgehead atoms. The number of pyridine rings is 1. The number of hydrogen-bond acceptors (Lipinski definition) is 3. The Labute approximate surface area is 103 Å². The van der Waals surface area contributed by atoms with E-state index in [0.29, 0.717) is 0 Å². The molecule has 1 saturated carbocycles. The van der Waals surface area contributed by atoms with Crippen molar-refractivity contribution in [2.75, 3.05) is 37.6 Å². The summed E-state index contributed by atoms with van der Waals surface area (Å²) >= 11 is 0. The average molecular weight is 231 g/mol. The zero-order chi connectivity index (χ0) is 11.5. The van der Waals surface area contributed by atoms with E-state index in [0.717, 1.165) is 24.8 Å². The van der Waals surface area contributed by atoms with Gasteiger partial charge in [-0.2, -0.15) is 0 Å². The lowest BCUT2D eigenvalue weighted by Gasteiger charge is -2.38. The van der Waals surface area contributed by atoms with Gasteiger partial charge >= 0.3 is 0 Å². The molecule has 0 atom stereocenters. The summed E-state index contributed by atoms with van der Waals surface area (Å²) in [5.74, 6) is 2.13. The largest absolute Gasteiger partial charge is 0.354 e. The number of hydrogen-bond donors (Lipinski definition) is 0. The Morgan fingerprint density at radius 2 is 1.94 bits per heavy atom. The first-order valence-corrected chi connectivity index (χ1v) is 6.80. The molecule has 0 aromatic carbocycles. The number of nitrogens with zero attached hydrogens (tertiary/aromatic N) is 3. The third kappa shape index (κ3) is 2.60. The van der Waals surface area contributed by atoms with Gasteiger partial charge in [-0.3, -0.25) is 4.90 Å². The molecule has 1 aliphatic heterocycles. The second-order valence-corrected chi connectivity index (χ2v) is 5.27. The van der Waals surface area contributed by atoms with Crippen molar-refractivity contribution in [2.45, 2.75) is 19.3 Å². The fourth-order valence-electron chi connectivity index (χ4n) is 2.74. The zero-order valence-corrected chi connectivity index (χ0v) is 10.4. The molecule has 0 unspecified atom stereocenters. The van der Waals surface area contributed by atoms with Gasteiger partial charge in [0.15, 0.2) is 0 Å². The van der Waals surface area contributed by atoms with Crippen LogP contribution in [0.1, 0.15) is 19.3 Å². The van der Waals surface area contributed by atoms with Crippen molar-refractivity contribution in [3.8, 4) is 0 Å². The monoisotopic (exact) mass is 231 g/mol. The highest BCUT2D eigenvalue weighted by molar-refractivity contribution is 5.38. The molecular weight excluding hydrogens is 210 g/mol. The van der Waals surface area contributed by atoms with Crippen LogP contribution in [0.2, 0.25) is 0 Å². The van der Waals surface area contributed by atoms with Crippen molar-refractivity contribution in [2.24, 2.45) is 5.92 Å². The van der Waals surface area contributed by atoms with Gasteiger partial charge in [-0.1, -0.05) is 12.5 Å². The van der Waals surface area contributed by atoms with Crippen LogP contribution in [0.15, 0.2) is 24.4 Å². The third-order valence-corrected chi connectivity index (χ3v) is 4.09. The summed E-state index contributed by atoms with van der Waals surface area (Å²) in [7, 11) is 0. The van der Waals surface area contributed by atoms with Gasteiger partial charge in [0.1, 0.15) is 5.82 Å². The van der Waals surface area contributed by atoms with E-state index in [4.69, 9.17) is 0 Å². The molecule has 2 heterocycles. The summed E-state index contributed by atoms with van der Waals surface area (Å²) in [6.45, 7) is 5.99. The molecule has 3 heteroatoms. The van der Waals surface area contributed by atoms with Crippen LogP contribution >= 0.6 is 0 Å². The van der Waals surface area contributed by atoms with Gasteiger partial charge < -0.3 is 4.90 Å². The predicted octanol–water partition coefficient (Wildman–Crippen LogP) is 2.00. The van der Waals surface area contributed by atoms with Crippen LogP contribution in [0.4, 0.5) is 5.82 Å². The van der Waals surface area contributed by atoms with E-state index in [1.165, 1.54) is 38.9 Å². The van der Waals surface area contributed by atoms with Crippen LogP contribution in [0.3, 0.4) is 0 Å². The van der Waals surface area contributed by atoms with Crippen LogP contribution in [0, 0.1) is 5.92 Å². The zero-order valence-electron chi connectivity index (χ0n) is 10.4. The quantitative estimate of drug-likeness (QED) is 0.793. The maximum absolute atomic E-state index is 4.42. The van der Waals surface area contributed by atoms with Gasteiger partial charge in [0, 0.05) is 38.9 Å². The molecule has 0 N–H and O–H groups in total. The van der Waals surface area contributed by atoms with Crippen LogP contribution in [0.25, 0.3) is 0 Å². The minimum absolute atomic E-state index is 0.997. The van der Waals surface area contributed by atoms with Gasteiger partial charge in [0.25, 0.3) is 0 Å². The standard InChI is InChI=1S/C14H21N3/c1-2-7-15-14(6-1)17-10-8-16(9-11-17)12-13-4-3-5-13/h1-2,6-7,13H,3-5,8-12H2. The maximum atomic E-state index is 4.42. The summed E-state index contributed by atoms with van der Waals surface area (Å²) in [5, 5.41) is 0. The SMILES string of the molecule is c1ccc(N2CCN(CC3CCC3)CC2)nc1. The highest BCUT2D eigenvalue weighted by Gasteiger charge is 2.23. The lowest BCUT2D eigenvalue weighted by atomic mass is 9.85. The summed E-state index contributed by atoms with van der Waals surface area (Å²) < 4.78 is 0. The molecule has 1 saturated heterocycles. The molecule has 92 valence electrons. The van der Waals surface area contributed by atoms with E-state index in [1.54, 1.807) is 0 Å². The molecule has 1 aromatic heterocycles. The van der Waals surface area contributed by atoms with E-state index in [-0.39, 0.29) is 0 Å². The van der Waals surface area contributed by atoms with Crippen molar-refractivity contribution < 1.29 is 0 Å². The first kappa shape index (κ1) is 11.0. The number of anilines is 1. The Bertz CT molecular complexity index is 340. The minimum atomic E-state index is 0.997. The van der Waals surface area contributed by atoms with Crippen LogP contribution in [0.5, 0.6) is 0 Å². The Kier molecular flexibility index (Phi) is 3.27. The van der Waals surface area contributed by atoms with Crippen molar-refractivity contribution in [3.63, 3.8) is 0 Å². The average Bonchev–Trinajstić information content (AvgIpc) is 2.36. The lowest BCUT2D eigenvalue weighted by Crippen LogP contribution is -2.48. The highest BCUT2D eigenvalue weighted by Crippen LogP contribution is 2.27. The molecule has 2 aliphatic rings. The summed E-state index contributed by atoms with van der Waals surface area (Å²) in [6, 6.07) is 6.17. The number of aromatic nitrogens is 1. The van der Waals surface area contributed by atoms with Crippen molar-refractivity contribution in [3.05, 3.63) is 24.4 Å². The summed E-state index contributed by atoms with van der Waals surface area (Å²) in [4.78, 5) is 9.45. The molecule has 1 aromatic rings. The van der Waals surface area contributed by atoms with Gasteiger partial charge in [-0.25, -0.2) is 4.98 Å². The van der Waals surface area contributed by atoms with E-state index in [2.05, 4.69) is 26.9 Å². The Hall–Kier alpha value is -1.09. The molecule has 3 rings (SSSR count). The van der Waals surface area contributed by atoms with Gasteiger partial charge in [0.05, 0.1) is 0 Å². The molecule has 2 fully saturated rings. The fraction of sp³-hybridized carbons (Fsp3) is 0.643. The minimum Gasteiger partial charge on any atom is -0.354 e. The second kappa shape index (κ2) is 5.05. The highest BCUT2D eigenvalue weighted by atomic mass is 15.3. The van der Waals surface area contributed by atoms with Crippen LogP contribution in [-0.2, 0) is 0 Å². The van der Waals surface area contributed by atoms with Gasteiger partial charge in [-0.15, -0.1) is 0 Å². The maximum Gasteiger partial charge on any atom is 0.128 e. The topological polar surface area (TPSA) is 19.4 Å². The molecule has 1 aliphatic carbocycles. The van der Waals surface area contributed by atoms with Gasteiger partial charge in [0.2, 0.25) is 0 Å². The smallest absolute Gasteiger partial charge is 0.128 e. The van der Waals surface area contributed by atoms with Gasteiger partial charge in [-0.05, 0) is 30.9 Å². The predicted molar refractivity (Wildman–Crippen MR) is 70.2 cm³/mol. The van der Waals surface area contributed by atoms with Crippen LogP contribution < -0.4 is 4.90 Å². The van der Waals surface area contributed by atoms with E-state index in [1.807, 2.05) is 12.3 Å². The number of rotatable bonds is 3. The first-order valence-electron chi connectivity index (χ1n) is 6.80.